The average Bonchev–Trinajstić information content (AvgIpc) is 2.84. The van der Waals surface area contributed by atoms with E-state index in [0.717, 1.165) is 17.0 Å². The predicted molar refractivity (Wildman–Crippen MR) is 83.7 cm³/mol. The first-order chi connectivity index (χ1) is 11.0. The molecule has 0 unspecified atom stereocenters. The van der Waals surface area contributed by atoms with Crippen LogP contribution < -0.4 is 0 Å². The molecule has 1 amide bonds. The number of ether oxygens (including phenoxy) is 1. The van der Waals surface area contributed by atoms with E-state index in [-0.39, 0.29) is 18.1 Å². The van der Waals surface area contributed by atoms with E-state index in [1.807, 2.05) is 13.8 Å². The lowest BCUT2D eigenvalue weighted by Crippen LogP contribution is -2.30. The van der Waals surface area contributed by atoms with E-state index in [2.05, 4.69) is 15.1 Å². The van der Waals surface area contributed by atoms with Crippen LogP contribution in [0, 0.1) is 0 Å². The van der Waals surface area contributed by atoms with Gasteiger partial charge in [-0.25, -0.2) is 0 Å². The van der Waals surface area contributed by atoms with E-state index in [9.17, 15) is 4.79 Å². The highest BCUT2D eigenvalue weighted by atomic mass is 16.5. The maximum Gasteiger partial charge on any atom is 0.272 e. The topological polar surface area (TPSA) is 73.1 Å². The number of carbonyl (C=O) groups is 1. The summed E-state index contributed by atoms with van der Waals surface area (Å²) in [5.74, 6) is -0.0618. The number of rotatable bonds is 3. The van der Waals surface area contributed by atoms with Gasteiger partial charge in [0.2, 0.25) is 0 Å². The van der Waals surface area contributed by atoms with Crippen molar-refractivity contribution in [3.8, 4) is 0 Å². The predicted octanol–water partition coefficient (Wildman–Crippen LogP) is 1.50. The molecule has 0 aliphatic carbocycles. The van der Waals surface area contributed by atoms with Crippen LogP contribution in [0.2, 0.25) is 0 Å². The fourth-order valence-electron chi connectivity index (χ4n) is 3.04. The van der Waals surface area contributed by atoms with Gasteiger partial charge in [0, 0.05) is 38.5 Å². The van der Waals surface area contributed by atoms with Crippen molar-refractivity contribution in [2.45, 2.75) is 39.0 Å². The van der Waals surface area contributed by atoms with Gasteiger partial charge in [-0.05, 0) is 13.8 Å². The third kappa shape index (κ3) is 2.96. The molecule has 2 atom stereocenters. The van der Waals surface area contributed by atoms with Crippen molar-refractivity contribution in [1.29, 1.82) is 0 Å². The fraction of sp³-hybridized carbons (Fsp3) is 0.500. The van der Waals surface area contributed by atoms with Crippen LogP contribution in [0.1, 0.15) is 47.4 Å². The first-order valence-electron chi connectivity index (χ1n) is 7.69. The summed E-state index contributed by atoms with van der Waals surface area (Å²) in [6, 6.07) is 0. The van der Waals surface area contributed by atoms with Crippen molar-refractivity contribution >= 4 is 5.91 Å². The third-order valence-electron chi connectivity index (χ3n) is 4.05. The summed E-state index contributed by atoms with van der Waals surface area (Å²) in [6.45, 7) is 4.40. The number of fused-ring (bicyclic) bond motifs is 1. The van der Waals surface area contributed by atoms with Crippen molar-refractivity contribution < 1.29 is 9.53 Å². The van der Waals surface area contributed by atoms with E-state index in [4.69, 9.17) is 4.74 Å². The molecule has 7 heteroatoms. The number of carbonyl (C=O) groups excluding carboxylic acids is 1. The molecule has 0 fully saturated rings. The van der Waals surface area contributed by atoms with Gasteiger partial charge in [-0.3, -0.25) is 19.4 Å². The molecule has 7 nitrogen and oxygen atoms in total. The summed E-state index contributed by atoms with van der Waals surface area (Å²) in [5, 5.41) is 4.49. The molecule has 0 N–H and O–H groups in total. The van der Waals surface area contributed by atoms with Crippen LogP contribution in [-0.4, -0.2) is 43.7 Å². The molecular weight excluding hydrogens is 294 g/mol. The molecule has 1 aliphatic rings. The lowest BCUT2D eigenvalue weighted by molar-refractivity contribution is -0.00713. The molecule has 23 heavy (non-hydrogen) atoms. The van der Waals surface area contributed by atoms with Crippen LogP contribution >= 0.6 is 0 Å². The maximum atomic E-state index is 12.9. The van der Waals surface area contributed by atoms with Gasteiger partial charge in [-0.2, -0.15) is 5.10 Å². The second kappa shape index (κ2) is 6.08. The van der Waals surface area contributed by atoms with E-state index in [1.54, 1.807) is 42.3 Å². The number of amides is 1. The number of hydrogen-bond donors (Lipinski definition) is 0. The molecule has 0 spiro atoms. The smallest absolute Gasteiger partial charge is 0.272 e. The Morgan fingerprint density at radius 3 is 2.91 bits per heavy atom. The van der Waals surface area contributed by atoms with Crippen molar-refractivity contribution in [1.82, 2.24) is 24.6 Å². The Balaban J connectivity index is 1.88. The van der Waals surface area contributed by atoms with Gasteiger partial charge in [-0.1, -0.05) is 0 Å². The lowest BCUT2D eigenvalue weighted by atomic mass is 9.99. The summed E-state index contributed by atoms with van der Waals surface area (Å²) >= 11 is 0. The standard InChI is InChI=1S/C16H21N5O2/c1-10-7-13-14(11(2)23-10)19-21(4)15(13)16(22)20(3)9-12-8-17-5-6-18-12/h5-6,8,10-11H,7,9H2,1-4H3/t10-,11+/m1/s1. The number of aryl methyl sites for hydroxylation is 1. The van der Waals surface area contributed by atoms with Crippen LogP contribution in [-0.2, 0) is 24.8 Å². The largest absolute Gasteiger partial charge is 0.369 e. The van der Waals surface area contributed by atoms with Crippen molar-refractivity contribution in [3.05, 3.63) is 41.2 Å². The van der Waals surface area contributed by atoms with E-state index in [0.29, 0.717) is 18.7 Å². The summed E-state index contributed by atoms with van der Waals surface area (Å²) < 4.78 is 7.46. The highest BCUT2D eigenvalue weighted by molar-refractivity contribution is 5.94. The van der Waals surface area contributed by atoms with Gasteiger partial charge >= 0.3 is 0 Å². The molecule has 122 valence electrons. The third-order valence-corrected chi connectivity index (χ3v) is 4.05. The minimum atomic E-state index is -0.0909. The van der Waals surface area contributed by atoms with E-state index >= 15 is 0 Å². The molecule has 0 bridgehead atoms. The minimum absolute atomic E-state index is 0.0618. The first kappa shape index (κ1) is 15.6. The number of nitrogens with zero attached hydrogens (tertiary/aromatic N) is 5. The molecule has 3 rings (SSSR count). The van der Waals surface area contributed by atoms with Crippen molar-refractivity contribution in [2.75, 3.05) is 7.05 Å². The van der Waals surface area contributed by atoms with Gasteiger partial charge in [0.1, 0.15) is 5.69 Å². The summed E-state index contributed by atoms with van der Waals surface area (Å²) in [4.78, 5) is 22.8. The van der Waals surface area contributed by atoms with Crippen molar-refractivity contribution in [2.24, 2.45) is 7.05 Å². The molecule has 2 aromatic heterocycles. The zero-order chi connectivity index (χ0) is 16.6. The van der Waals surface area contributed by atoms with Gasteiger partial charge in [0.25, 0.3) is 5.91 Å². The van der Waals surface area contributed by atoms with Crippen molar-refractivity contribution in [3.63, 3.8) is 0 Å². The maximum absolute atomic E-state index is 12.9. The van der Waals surface area contributed by atoms with E-state index in [1.165, 1.54) is 0 Å². The summed E-state index contributed by atoms with van der Waals surface area (Å²) in [5.41, 5.74) is 3.24. The molecule has 0 saturated carbocycles. The second-order valence-corrected chi connectivity index (χ2v) is 5.99. The van der Waals surface area contributed by atoms with Gasteiger partial charge in [0.15, 0.2) is 0 Å². The zero-order valence-electron chi connectivity index (χ0n) is 13.9. The molecule has 0 aromatic carbocycles. The monoisotopic (exact) mass is 315 g/mol. The molecular formula is C16H21N5O2. The average molecular weight is 315 g/mol. The molecule has 3 heterocycles. The van der Waals surface area contributed by atoms with Crippen LogP contribution in [0.15, 0.2) is 18.6 Å². The molecule has 1 aliphatic heterocycles. The van der Waals surface area contributed by atoms with E-state index < -0.39 is 0 Å². The molecule has 0 radical (unpaired) electrons. The Morgan fingerprint density at radius 1 is 1.43 bits per heavy atom. The zero-order valence-corrected chi connectivity index (χ0v) is 13.9. The Labute approximate surface area is 135 Å². The lowest BCUT2D eigenvalue weighted by Gasteiger charge is -2.25. The van der Waals surface area contributed by atoms with Crippen LogP contribution in [0.25, 0.3) is 0 Å². The quantitative estimate of drug-likeness (QED) is 0.858. The highest BCUT2D eigenvalue weighted by Gasteiger charge is 2.32. The summed E-state index contributed by atoms with van der Waals surface area (Å²) in [6.07, 6.45) is 5.60. The minimum Gasteiger partial charge on any atom is -0.369 e. The first-order valence-corrected chi connectivity index (χ1v) is 7.69. The highest BCUT2D eigenvalue weighted by Crippen LogP contribution is 2.31. The van der Waals surface area contributed by atoms with Gasteiger partial charge in [0.05, 0.1) is 36.3 Å². The van der Waals surface area contributed by atoms with Crippen LogP contribution in [0.3, 0.4) is 0 Å². The second-order valence-electron chi connectivity index (χ2n) is 5.99. The normalized spacial score (nSPS) is 20.2. The Morgan fingerprint density at radius 2 is 2.22 bits per heavy atom. The Bertz CT molecular complexity index is 713. The summed E-state index contributed by atoms with van der Waals surface area (Å²) in [7, 11) is 3.57. The number of hydrogen-bond acceptors (Lipinski definition) is 5. The molecule has 0 saturated heterocycles. The SMILES string of the molecule is C[C@@H]1Cc2c(nn(C)c2C(=O)N(C)Cc2cnccn2)[C@H](C)O1. The van der Waals surface area contributed by atoms with Crippen LogP contribution in [0.4, 0.5) is 0 Å². The number of aromatic nitrogens is 4. The fourth-order valence-corrected chi connectivity index (χ4v) is 3.04. The Kier molecular flexibility index (Phi) is 4.12. The van der Waals surface area contributed by atoms with Gasteiger partial charge < -0.3 is 9.64 Å². The van der Waals surface area contributed by atoms with Gasteiger partial charge in [-0.15, -0.1) is 0 Å². The Hall–Kier alpha value is -2.28. The van der Waals surface area contributed by atoms with Crippen LogP contribution in [0.5, 0.6) is 0 Å². The molecule has 2 aromatic rings.